The van der Waals surface area contributed by atoms with Crippen LogP contribution in [0.4, 0.5) is 5.69 Å². The lowest BCUT2D eigenvalue weighted by Crippen LogP contribution is -2.61. The van der Waals surface area contributed by atoms with Crippen LogP contribution >= 0.6 is 0 Å². The molecule has 34 heavy (non-hydrogen) atoms. The molecule has 0 atom stereocenters. The van der Waals surface area contributed by atoms with Gasteiger partial charge >= 0.3 is 0 Å². The molecule has 5 nitrogen and oxygen atoms in total. The summed E-state index contributed by atoms with van der Waals surface area (Å²) in [6, 6.07) is 13.3. The largest absolute Gasteiger partial charge is 0.493 e. The van der Waals surface area contributed by atoms with Crippen molar-refractivity contribution in [2.24, 2.45) is 0 Å². The molecule has 0 amide bonds. The van der Waals surface area contributed by atoms with Gasteiger partial charge in [0, 0.05) is 39.3 Å². The fraction of sp³-hybridized carbons (Fsp3) is 0.517. The monoisotopic (exact) mass is 463 g/mol. The Morgan fingerprint density at radius 3 is 2.18 bits per heavy atom. The van der Waals surface area contributed by atoms with Gasteiger partial charge in [-0.3, -0.25) is 4.90 Å². The maximum atomic E-state index is 5.57. The minimum absolute atomic E-state index is 0.154. The van der Waals surface area contributed by atoms with Gasteiger partial charge < -0.3 is 19.8 Å². The number of anilines is 1. The summed E-state index contributed by atoms with van der Waals surface area (Å²) in [5.41, 5.74) is 6.23. The molecule has 0 saturated carbocycles. The van der Waals surface area contributed by atoms with Gasteiger partial charge in [0.1, 0.15) is 0 Å². The van der Waals surface area contributed by atoms with Crippen LogP contribution in [-0.4, -0.2) is 48.3 Å². The first-order valence-electron chi connectivity index (χ1n) is 12.4. The van der Waals surface area contributed by atoms with E-state index in [2.05, 4.69) is 94.1 Å². The Balaban J connectivity index is 1.72. The summed E-state index contributed by atoms with van der Waals surface area (Å²) in [4.78, 5) is 6.21. The van der Waals surface area contributed by atoms with Gasteiger partial charge in [0.2, 0.25) is 0 Å². The van der Waals surface area contributed by atoms with Crippen LogP contribution in [0.3, 0.4) is 0 Å². The summed E-state index contributed by atoms with van der Waals surface area (Å²) >= 11 is 0. The maximum absolute atomic E-state index is 5.57. The van der Waals surface area contributed by atoms with Crippen LogP contribution in [0, 0.1) is 0 Å². The van der Waals surface area contributed by atoms with E-state index < -0.39 is 0 Å². The molecule has 0 unspecified atom stereocenters. The predicted molar refractivity (Wildman–Crippen MR) is 143 cm³/mol. The van der Waals surface area contributed by atoms with Crippen LogP contribution < -0.4 is 14.8 Å². The fourth-order valence-electron chi connectivity index (χ4n) is 5.83. The van der Waals surface area contributed by atoms with Gasteiger partial charge in [0.15, 0.2) is 11.5 Å². The molecule has 4 rings (SSSR count). The van der Waals surface area contributed by atoms with Crippen molar-refractivity contribution in [2.75, 3.05) is 26.6 Å². The highest BCUT2D eigenvalue weighted by atomic mass is 16.5. The zero-order valence-electron chi connectivity index (χ0n) is 22.3. The van der Waals surface area contributed by atoms with Crippen LogP contribution in [0.1, 0.15) is 65.9 Å². The second-order valence-corrected chi connectivity index (χ2v) is 11.3. The number of fused-ring (bicyclic) bond motifs is 1. The lowest BCUT2D eigenvalue weighted by Gasteiger charge is -2.54. The molecule has 1 aliphatic heterocycles. The number of ether oxygens (including phenoxy) is 2. The first kappa shape index (κ1) is 24.5. The highest BCUT2D eigenvalue weighted by molar-refractivity contribution is 5.93. The Hall–Kier alpha value is -2.66. The van der Waals surface area contributed by atoms with Crippen LogP contribution in [-0.2, 0) is 0 Å². The van der Waals surface area contributed by atoms with Gasteiger partial charge in [-0.25, -0.2) is 0 Å². The number of rotatable bonds is 6. The van der Waals surface area contributed by atoms with Gasteiger partial charge in [-0.05, 0) is 95.5 Å². The third-order valence-corrected chi connectivity index (χ3v) is 7.77. The molecule has 3 aromatic rings. The summed E-state index contributed by atoms with van der Waals surface area (Å²) in [7, 11) is 5.60. The highest BCUT2D eigenvalue weighted by Crippen LogP contribution is 2.41. The van der Waals surface area contributed by atoms with Crippen molar-refractivity contribution in [2.45, 2.75) is 77.4 Å². The lowest BCUT2D eigenvalue weighted by molar-refractivity contribution is -0.00767. The number of hydrogen-bond donors (Lipinski definition) is 2. The number of nitrogens with one attached hydrogen (secondary N) is 2. The van der Waals surface area contributed by atoms with E-state index in [9.17, 15) is 0 Å². The summed E-state index contributed by atoms with van der Waals surface area (Å²) in [6.07, 6.45) is 2.23. The number of aromatic nitrogens is 1. The van der Waals surface area contributed by atoms with Crippen molar-refractivity contribution in [3.63, 3.8) is 0 Å². The zero-order valence-corrected chi connectivity index (χ0v) is 22.3. The Bertz CT molecular complexity index is 1160. The van der Waals surface area contributed by atoms with E-state index in [1.807, 2.05) is 6.07 Å². The molecule has 1 saturated heterocycles. The SMILES string of the molecule is COc1ccc(-c2[nH]c3ccc(NC4CC(C)(C)N(C)C(C)(C)C4)cc3c2C(C)C)cc1OC. The molecule has 2 N–H and O–H groups in total. The van der Waals surface area contributed by atoms with E-state index in [1.165, 1.54) is 16.6 Å². The second kappa shape index (κ2) is 8.84. The van der Waals surface area contributed by atoms with Crippen molar-refractivity contribution >= 4 is 16.6 Å². The first-order chi connectivity index (χ1) is 16.0. The average molecular weight is 464 g/mol. The molecule has 5 heteroatoms. The van der Waals surface area contributed by atoms with E-state index in [0.29, 0.717) is 12.0 Å². The molecular formula is C29H41N3O2. The summed E-state index contributed by atoms with van der Waals surface area (Å²) < 4.78 is 11.0. The third kappa shape index (κ3) is 4.38. The van der Waals surface area contributed by atoms with Gasteiger partial charge in [0.25, 0.3) is 0 Å². The molecule has 0 aliphatic carbocycles. The number of nitrogens with zero attached hydrogens (tertiary/aromatic N) is 1. The van der Waals surface area contributed by atoms with E-state index in [4.69, 9.17) is 9.47 Å². The number of hydrogen-bond acceptors (Lipinski definition) is 4. The Labute approximate surface area is 204 Å². The number of likely N-dealkylation sites (tertiary alicyclic amines) is 1. The molecule has 184 valence electrons. The highest BCUT2D eigenvalue weighted by Gasteiger charge is 2.43. The number of benzene rings is 2. The minimum Gasteiger partial charge on any atom is -0.493 e. The second-order valence-electron chi connectivity index (χ2n) is 11.3. The van der Waals surface area contributed by atoms with Crippen LogP contribution in [0.2, 0.25) is 0 Å². The van der Waals surface area contributed by atoms with Gasteiger partial charge in [-0.2, -0.15) is 0 Å². The maximum Gasteiger partial charge on any atom is 0.161 e. The molecule has 1 aromatic heterocycles. The standard InChI is InChI=1S/C29H41N3O2/c1-18(2)26-22-15-20(30-21-16-28(3,4)32(7)29(5,6)17-21)11-12-23(22)31-27(26)19-10-13-24(33-8)25(14-19)34-9/h10-15,18,21,30-31H,16-17H2,1-9H3. The Morgan fingerprint density at radius 1 is 0.941 bits per heavy atom. The number of methoxy groups -OCH3 is 2. The quantitative estimate of drug-likeness (QED) is 0.412. The molecule has 0 radical (unpaired) electrons. The van der Waals surface area contributed by atoms with E-state index in [1.54, 1.807) is 14.2 Å². The van der Waals surface area contributed by atoms with E-state index in [0.717, 1.165) is 41.1 Å². The topological polar surface area (TPSA) is 49.5 Å². The predicted octanol–water partition coefficient (Wildman–Crippen LogP) is 7.04. The molecule has 2 heterocycles. The number of aromatic amines is 1. The van der Waals surface area contributed by atoms with Gasteiger partial charge in [-0.15, -0.1) is 0 Å². The fourth-order valence-corrected chi connectivity index (χ4v) is 5.83. The number of H-pyrrole nitrogens is 1. The molecule has 2 aromatic carbocycles. The molecular weight excluding hydrogens is 422 g/mol. The first-order valence-corrected chi connectivity index (χ1v) is 12.4. The van der Waals surface area contributed by atoms with Crippen molar-refractivity contribution < 1.29 is 9.47 Å². The van der Waals surface area contributed by atoms with Gasteiger partial charge in [0.05, 0.1) is 19.9 Å². The molecule has 1 aliphatic rings. The molecule has 0 spiro atoms. The zero-order chi connectivity index (χ0) is 24.8. The lowest BCUT2D eigenvalue weighted by atomic mass is 9.77. The minimum atomic E-state index is 0.154. The van der Waals surface area contributed by atoms with Gasteiger partial charge in [-0.1, -0.05) is 13.8 Å². The van der Waals surface area contributed by atoms with Crippen molar-refractivity contribution in [3.05, 3.63) is 42.0 Å². The van der Waals surface area contributed by atoms with Crippen molar-refractivity contribution in [1.82, 2.24) is 9.88 Å². The summed E-state index contributed by atoms with van der Waals surface area (Å²) in [6.45, 7) is 13.9. The van der Waals surface area contributed by atoms with Crippen LogP contribution in [0.25, 0.3) is 22.2 Å². The molecule has 0 bridgehead atoms. The average Bonchev–Trinajstić information content (AvgIpc) is 3.15. The van der Waals surface area contributed by atoms with Crippen LogP contribution in [0.5, 0.6) is 11.5 Å². The number of piperidine rings is 1. The Morgan fingerprint density at radius 2 is 1.59 bits per heavy atom. The smallest absolute Gasteiger partial charge is 0.161 e. The molecule has 1 fully saturated rings. The summed E-state index contributed by atoms with van der Waals surface area (Å²) in [5, 5.41) is 5.15. The van der Waals surface area contributed by atoms with E-state index in [-0.39, 0.29) is 11.1 Å². The van der Waals surface area contributed by atoms with Crippen molar-refractivity contribution in [1.29, 1.82) is 0 Å². The normalized spacial score (nSPS) is 18.4. The van der Waals surface area contributed by atoms with Crippen molar-refractivity contribution in [3.8, 4) is 22.8 Å². The summed E-state index contributed by atoms with van der Waals surface area (Å²) in [5.74, 6) is 1.85. The third-order valence-electron chi connectivity index (χ3n) is 7.77. The van der Waals surface area contributed by atoms with Crippen LogP contribution in [0.15, 0.2) is 36.4 Å². The Kier molecular flexibility index (Phi) is 6.36. The van der Waals surface area contributed by atoms with E-state index >= 15 is 0 Å².